The lowest BCUT2D eigenvalue weighted by molar-refractivity contribution is 0.0426. The van der Waals surface area contributed by atoms with Crippen molar-refractivity contribution in [2.45, 2.75) is 32.3 Å². The summed E-state index contributed by atoms with van der Waals surface area (Å²) in [5.74, 6) is 1.65. The molecule has 0 amide bonds. The lowest BCUT2D eigenvalue weighted by atomic mass is 9.98. The van der Waals surface area contributed by atoms with Crippen LogP contribution in [0.25, 0.3) is 0 Å². The van der Waals surface area contributed by atoms with Crippen LogP contribution in [0.5, 0.6) is 0 Å². The van der Waals surface area contributed by atoms with Crippen LogP contribution in [0.3, 0.4) is 0 Å². The number of likely N-dealkylation sites (tertiary alicyclic amines) is 1. The third-order valence-electron chi connectivity index (χ3n) is 2.93. The van der Waals surface area contributed by atoms with Crippen LogP contribution < -0.4 is 0 Å². The Morgan fingerprint density at radius 3 is 2.67 bits per heavy atom. The van der Waals surface area contributed by atoms with E-state index in [0.29, 0.717) is 5.92 Å². The van der Waals surface area contributed by atoms with Gasteiger partial charge in [0.1, 0.15) is 0 Å². The molecule has 1 saturated heterocycles. The number of β-amino-alcohol motifs (C(OH)–C–C–N with tert-alkyl or cyclic N) is 1. The molecular formula is C10H19NO. The fourth-order valence-corrected chi connectivity index (χ4v) is 2.24. The molecule has 0 aromatic carbocycles. The van der Waals surface area contributed by atoms with Crippen LogP contribution in [0.1, 0.15) is 26.2 Å². The van der Waals surface area contributed by atoms with E-state index >= 15 is 0 Å². The minimum Gasteiger partial charge on any atom is -0.392 e. The molecule has 1 aliphatic carbocycles. The SMILES string of the molecule is C[C@H]1C[C@@H](O)CN(CC2CC2)C1. The molecule has 1 aliphatic heterocycles. The summed E-state index contributed by atoms with van der Waals surface area (Å²) in [4.78, 5) is 2.44. The van der Waals surface area contributed by atoms with Crippen molar-refractivity contribution in [2.75, 3.05) is 19.6 Å². The average Bonchev–Trinajstić information content (AvgIpc) is 2.68. The second-order valence-electron chi connectivity index (χ2n) is 4.66. The second kappa shape index (κ2) is 3.35. The Hall–Kier alpha value is -0.0800. The number of hydrogen-bond acceptors (Lipinski definition) is 2. The van der Waals surface area contributed by atoms with Crippen LogP contribution in [-0.4, -0.2) is 35.7 Å². The number of nitrogens with zero attached hydrogens (tertiary/aromatic N) is 1. The number of aliphatic hydroxyl groups excluding tert-OH is 1. The summed E-state index contributed by atoms with van der Waals surface area (Å²) in [5.41, 5.74) is 0. The first-order valence-electron chi connectivity index (χ1n) is 5.14. The minimum atomic E-state index is -0.0625. The summed E-state index contributed by atoms with van der Waals surface area (Å²) >= 11 is 0. The molecule has 2 fully saturated rings. The van der Waals surface area contributed by atoms with Gasteiger partial charge in [0.2, 0.25) is 0 Å². The molecule has 0 aromatic heterocycles. The summed E-state index contributed by atoms with van der Waals surface area (Å²) < 4.78 is 0. The third kappa shape index (κ3) is 2.20. The molecule has 70 valence electrons. The predicted octanol–water partition coefficient (Wildman–Crippen LogP) is 1.10. The molecule has 2 heteroatoms. The van der Waals surface area contributed by atoms with Gasteiger partial charge in [-0.25, -0.2) is 0 Å². The van der Waals surface area contributed by atoms with E-state index in [1.165, 1.54) is 25.9 Å². The van der Waals surface area contributed by atoms with Gasteiger partial charge >= 0.3 is 0 Å². The zero-order valence-corrected chi connectivity index (χ0v) is 7.87. The zero-order valence-electron chi connectivity index (χ0n) is 7.87. The smallest absolute Gasteiger partial charge is 0.0670 e. The Morgan fingerprint density at radius 2 is 2.08 bits per heavy atom. The maximum Gasteiger partial charge on any atom is 0.0670 e. The lowest BCUT2D eigenvalue weighted by Gasteiger charge is -2.34. The first-order chi connectivity index (χ1) is 5.74. The van der Waals surface area contributed by atoms with Crippen molar-refractivity contribution in [3.8, 4) is 0 Å². The van der Waals surface area contributed by atoms with E-state index in [0.717, 1.165) is 18.9 Å². The maximum atomic E-state index is 9.54. The van der Waals surface area contributed by atoms with Gasteiger partial charge in [-0.3, -0.25) is 0 Å². The van der Waals surface area contributed by atoms with Crippen molar-refractivity contribution in [1.82, 2.24) is 4.90 Å². The maximum absolute atomic E-state index is 9.54. The van der Waals surface area contributed by atoms with E-state index in [1.807, 2.05) is 0 Å². The predicted molar refractivity (Wildman–Crippen MR) is 49.0 cm³/mol. The molecule has 0 aromatic rings. The van der Waals surface area contributed by atoms with Crippen LogP contribution in [0, 0.1) is 11.8 Å². The minimum absolute atomic E-state index is 0.0625. The van der Waals surface area contributed by atoms with Gasteiger partial charge < -0.3 is 10.0 Å². The Bertz CT molecular complexity index is 143. The molecule has 0 spiro atoms. The van der Waals surface area contributed by atoms with Crippen LogP contribution in [0.15, 0.2) is 0 Å². The van der Waals surface area contributed by atoms with Gasteiger partial charge in [-0.15, -0.1) is 0 Å². The molecule has 0 radical (unpaired) electrons. The Labute approximate surface area is 74.6 Å². The Balaban J connectivity index is 1.79. The summed E-state index contributed by atoms with van der Waals surface area (Å²) in [7, 11) is 0. The quantitative estimate of drug-likeness (QED) is 0.669. The highest BCUT2D eigenvalue weighted by Gasteiger charge is 2.28. The third-order valence-corrected chi connectivity index (χ3v) is 2.93. The highest BCUT2D eigenvalue weighted by molar-refractivity contribution is 4.82. The van der Waals surface area contributed by atoms with E-state index < -0.39 is 0 Å². The van der Waals surface area contributed by atoms with E-state index in [1.54, 1.807) is 0 Å². The first kappa shape index (κ1) is 8.52. The van der Waals surface area contributed by atoms with Crippen LogP contribution in [0.2, 0.25) is 0 Å². The van der Waals surface area contributed by atoms with E-state index in [9.17, 15) is 5.11 Å². The molecule has 2 rings (SSSR count). The Kier molecular flexibility index (Phi) is 2.37. The van der Waals surface area contributed by atoms with Crippen molar-refractivity contribution < 1.29 is 5.11 Å². The highest BCUT2D eigenvalue weighted by Crippen LogP contribution is 2.31. The lowest BCUT2D eigenvalue weighted by Crippen LogP contribution is -2.43. The monoisotopic (exact) mass is 169 g/mol. The van der Waals surface area contributed by atoms with Gasteiger partial charge in [-0.1, -0.05) is 6.92 Å². The standard InChI is InChI=1S/C10H19NO/c1-8-4-10(12)7-11(5-8)6-9-2-3-9/h8-10,12H,2-7H2,1H3/t8-,10+/m0/s1. The molecule has 1 heterocycles. The van der Waals surface area contributed by atoms with Gasteiger partial charge in [0.25, 0.3) is 0 Å². The number of hydrogen-bond donors (Lipinski definition) is 1. The molecule has 2 atom stereocenters. The normalized spacial score (nSPS) is 38.5. The van der Waals surface area contributed by atoms with E-state index in [4.69, 9.17) is 0 Å². The molecule has 1 N–H and O–H groups in total. The van der Waals surface area contributed by atoms with Crippen LogP contribution >= 0.6 is 0 Å². The molecule has 0 bridgehead atoms. The fourth-order valence-electron chi connectivity index (χ4n) is 2.24. The van der Waals surface area contributed by atoms with Crippen molar-refractivity contribution in [2.24, 2.45) is 11.8 Å². The number of aliphatic hydroxyl groups is 1. The van der Waals surface area contributed by atoms with Gasteiger partial charge in [-0.2, -0.15) is 0 Å². The average molecular weight is 169 g/mol. The van der Waals surface area contributed by atoms with E-state index in [2.05, 4.69) is 11.8 Å². The summed E-state index contributed by atoms with van der Waals surface area (Å²) in [5, 5.41) is 9.54. The fraction of sp³-hybridized carbons (Fsp3) is 1.00. The van der Waals surface area contributed by atoms with Gasteiger partial charge in [-0.05, 0) is 31.1 Å². The second-order valence-corrected chi connectivity index (χ2v) is 4.66. The van der Waals surface area contributed by atoms with Crippen LogP contribution in [0.4, 0.5) is 0 Å². The summed E-state index contributed by atoms with van der Waals surface area (Å²) in [6, 6.07) is 0. The largest absolute Gasteiger partial charge is 0.392 e. The topological polar surface area (TPSA) is 23.5 Å². The van der Waals surface area contributed by atoms with Gasteiger partial charge in [0.15, 0.2) is 0 Å². The van der Waals surface area contributed by atoms with Crippen molar-refractivity contribution >= 4 is 0 Å². The molecule has 0 unspecified atom stereocenters. The molecule has 2 aliphatic rings. The van der Waals surface area contributed by atoms with Crippen molar-refractivity contribution in [1.29, 1.82) is 0 Å². The first-order valence-corrected chi connectivity index (χ1v) is 5.14. The molecular weight excluding hydrogens is 150 g/mol. The summed E-state index contributed by atoms with van der Waals surface area (Å²) in [6.45, 7) is 5.60. The van der Waals surface area contributed by atoms with Crippen molar-refractivity contribution in [3.05, 3.63) is 0 Å². The van der Waals surface area contributed by atoms with Gasteiger partial charge in [0, 0.05) is 19.6 Å². The molecule has 12 heavy (non-hydrogen) atoms. The highest BCUT2D eigenvalue weighted by atomic mass is 16.3. The molecule has 1 saturated carbocycles. The summed E-state index contributed by atoms with van der Waals surface area (Å²) in [6.07, 6.45) is 3.77. The van der Waals surface area contributed by atoms with Crippen LogP contribution in [-0.2, 0) is 0 Å². The Morgan fingerprint density at radius 1 is 1.33 bits per heavy atom. The number of rotatable bonds is 2. The van der Waals surface area contributed by atoms with E-state index in [-0.39, 0.29) is 6.10 Å². The van der Waals surface area contributed by atoms with Gasteiger partial charge in [0.05, 0.1) is 6.10 Å². The van der Waals surface area contributed by atoms with Crippen molar-refractivity contribution in [3.63, 3.8) is 0 Å². The molecule has 2 nitrogen and oxygen atoms in total. The number of piperidine rings is 1. The zero-order chi connectivity index (χ0) is 8.55.